The molecule has 4 nitrogen and oxygen atoms in total. The van der Waals surface area contributed by atoms with Crippen LogP contribution in [0.15, 0.2) is 0 Å². The minimum Gasteiger partial charge on any atom is -0.372 e. The second-order valence-electron chi connectivity index (χ2n) is 3.68. The number of amides is 1. The van der Waals surface area contributed by atoms with E-state index in [1.54, 1.807) is 6.92 Å². The molecule has 0 aromatic rings. The third kappa shape index (κ3) is 6.86. The van der Waals surface area contributed by atoms with Crippen molar-refractivity contribution in [2.24, 2.45) is 0 Å². The average Bonchev–Trinajstić information content (AvgIpc) is 2.15. The zero-order valence-corrected chi connectivity index (χ0v) is 9.67. The molecule has 0 spiro atoms. The van der Waals surface area contributed by atoms with Gasteiger partial charge in [-0.15, -0.1) is 0 Å². The van der Waals surface area contributed by atoms with Crippen LogP contribution >= 0.6 is 0 Å². The number of methoxy groups -OCH3 is 1. The van der Waals surface area contributed by atoms with Gasteiger partial charge < -0.3 is 15.0 Å². The predicted octanol–water partition coefficient (Wildman–Crippen LogP) is 0.479. The van der Waals surface area contributed by atoms with E-state index < -0.39 is 0 Å². The highest BCUT2D eigenvalue weighted by molar-refractivity contribution is 5.80. The lowest BCUT2D eigenvalue weighted by atomic mass is 10.3. The lowest BCUT2D eigenvalue weighted by Crippen LogP contribution is -2.34. The van der Waals surface area contributed by atoms with E-state index >= 15 is 0 Å². The van der Waals surface area contributed by atoms with Crippen LogP contribution in [0.5, 0.6) is 0 Å². The van der Waals surface area contributed by atoms with Crippen molar-refractivity contribution in [3.8, 4) is 0 Å². The van der Waals surface area contributed by atoms with Gasteiger partial charge in [-0.1, -0.05) is 0 Å². The number of hydrogen-bond donors (Lipinski definition) is 1. The first kappa shape index (κ1) is 13.4. The fourth-order valence-electron chi connectivity index (χ4n) is 1.02. The van der Waals surface area contributed by atoms with E-state index in [0.29, 0.717) is 0 Å². The van der Waals surface area contributed by atoms with Gasteiger partial charge >= 0.3 is 0 Å². The van der Waals surface area contributed by atoms with Gasteiger partial charge in [-0.25, -0.2) is 0 Å². The van der Waals surface area contributed by atoms with E-state index in [2.05, 4.69) is 10.2 Å². The number of nitrogens with one attached hydrogen (secondary N) is 1. The summed E-state index contributed by atoms with van der Waals surface area (Å²) in [5.41, 5.74) is 0. The summed E-state index contributed by atoms with van der Waals surface area (Å²) in [7, 11) is 5.63. The van der Waals surface area contributed by atoms with Crippen LogP contribution in [0.2, 0.25) is 0 Å². The van der Waals surface area contributed by atoms with Crippen molar-refractivity contribution >= 4 is 5.91 Å². The summed E-state index contributed by atoms with van der Waals surface area (Å²) in [6.45, 7) is 3.55. The fourth-order valence-corrected chi connectivity index (χ4v) is 1.02. The summed E-state index contributed by atoms with van der Waals surface area (Å²) < 4.78 is 4.89. The molecule has 0 heterocycles. The molecule has 1 amide bonds. The second kappa shape index (κ2) is 7.76. The van der Waals surface area contributed by atoms with Crippen LogP contribution in [0, 0.1) is 0 Å². The van der Waals surface area contributed by atoms with Crippen LogP contribution in [0.4, 0.5) is 0 Å². The molecule has 0 aliphatic rings. The van der Waals surface area contributed by atoms with Gasteiger partial charge in [-0.2, -0.15) is 0 Å². The molecule has 0 saturated carbocycles. The molecule has 0 radical (unpaired) electrons. The van der Waals surface area contributed by atoms with E-state index in [1.807, 2.05) is 14.1 Å². The smallest absolute Gasteiger partial charge is 0.248 e. The number of hydrogen-bond acceptors (Lipinski definition) is 3. The summed E-state index contributed by atoms with van der Waals surface area (Å²) >= 11 is 0. The van der Waals surface area contributed by atoms with Crippen LogP contribution in [0.3, 0.4) is 0 Å². The summed E-state index contributed by atoms with van der Waals surface area (Å²) in [4.78, 5) is 13.4. The van der Waals surface area contributed by atoms with Crippen molar-refractivity contribution in [3.63, 3.8) is 0 Å². The van der Waals surface area contributed by atoms with Crippen LogP contribution in [-0.2, 0) is 9.53 Å². The van der Waals surface area contributed by atoms with Gasteiger partial charge in [-0.3, -0.25) is 4.79 Å². The quantitative estimate of drug-likeness (QED) is 0.611. The molecule has 0 aromatic heterocycles. The van der Waals surface area contributed by atoms with Gasteiger partial charge in [0, 0.05) is 13.7 Å². The van der Waals surface area contributed by atoms with Crippen molar-refractivity contribution in [1.82, 2.24) is 10.2 Å². The Hall–Kier alpha value is -0.610. The standard InChI is InChI=1S/C10H22N2O2/c1-9(14-4)10(13)11-7-5-6-8-12(2)3/h9H,5-8H2,1-4H3,(H,11,13). The number of carbonyl (C=O) groups is 1. The summed E-state index contributed by atoms with van der Waals surface area (Å²) in [5.74, 6) is -0.0302. The van der Waals surface area contributed by atoms with Gasteiger partial charge in [0.05, 0.1) is 0 Å². The highest BCUT2D eigenvalue weighted by Gasteiger charge is 2.09. The minimum atomic E-state index is -0.344. The van der Waals surface area contributed by atoms with Gasteiger partial charge in [0.25, 0.3) is 0 Å². The van der Waals surface area contributed by atoms with Crippen molar-refractivity contribution in [2.75, 3.05) is 34.3 Å². The Kier molecular flexibility index (Phi) is 7.42. The highest BCUT2D eigenvalue weighted by Crippen LogP contribution is 1.91. The first-order chi connectivity index (χ1) is 6.57. The molecular formula is C10H22N2O2. The van der Waals surface area contributed by atoms with Gasteiger partial charge in [-0.05, 0) is 40.4 Å². The molecule has 14 heavy (non-hydrogen) atoms. The van der Waals surface area contributed by atoms with Crippen molar-refractivity contribution < 1.29 is 9.53 Å². The van der Waals surface area contributed by atoms with Crippen LogP contribution in [0.1, 0.15) is 19.8 Å². The summed E-state index contributed by atoms with van der Waals surface area (Å²) in [5, 5.41) is 2.82. The Morgan fingerprint density at radius 3 is 2.57 bits per heavy atom. The number of unbranched alkanes of at least 4 members (excludes halogenated alkanes) is 1. The molecule has 4 heteroatoms. The molecule has 0 bridgehead atoms. The molecular weight excluding hydrogens is 180 g/mol. The molecule has 0 aliphatic carbocycles. The molecule has 1 unspecified atom stereocenters. The monoisotopic (exact) mass is 202 g/mol. The average molecular weight is 202 g/mol. The number of ether oxygens (including phenoxy) is 1. The topological polar surface area (TPSA) is 41.6 Å². The van der Waals surface area contributed by atoms with Gasteiger partial charge in [0.1, 0.15) is 6.10 Å². The van der Waals surface area contributed by atoms with E-state index in [4.69, 9.17) is 4.74 Å². The highest BCUT2D eigenvalue weighted by atomic mass is 16.5. The Morgan fingerprint density at radius 2 is 2.07 bits per heavy atom. The number of rotatable bonds is 7. The normalized spacial score (nSPS) is 12.9. The maximum Gasteiger partial charge on any atom is 0.248 e. The predicted molar refractivity (Wildman–Crippen MR) is 57.3 cm³/mol. The molecule has 0 aliphatic heterocycles. The Morgan fingerprint density at radius 1 is 1.43 bits per heavy atom. The van der Waals surface area contributed by atoms with Crippen LogP contribution in [-0.4, -0.2) is 51.2 Å². The minimum absolute atomic E-state index is 0.0302. The van der Waals surface area contributed by atoms with Gasteiger partial charge in [0.2, 0.25) is 5.91 Å². The Balaban J connectivity index is 3.32. The largest absolute Gasteiger partial charge is 0.372 e. The van der Waals surface area contributed by atoms with E-state index in [9.17, 15) is 4.79 Å². The van der Waals surface area contributed by atoms with Crippen LogP contribution < -0.4 is 5.32 Å². The number of carbonyl (C=O) groups excluding carboxylic acids is 1. The third-order valence-corrected chi connectivity index (χ3v) is 2.05. The Labute approximate surface area is 86.6 Å². The summed E-state index contributed by atoms with van der Waals surface area (Å²) in [6.07, 6.45) is 1.78. The van der Waals surface area contributed by atoms with Crippen molar-refractivity contribution in [3.05, 3.63) is 0 Å². The van der Waals surface area contributed by atoms with Gasteiger partial charge in [0.15, 0.2) is 0 Å². The molecule has 0 rings (SSSR count). The van der Waals surface area contributed by atoms with Crippen molar-refractivity contribution in [1.29, 1.82) is 0 Å². The zero-order valence-electron chi connectivity index (χ0n) is 9.67. The molecule has 1 N–H and O–H groups in total. The number of nitrogens with zero attached hydrogens (tertiary/aromatic N) is 1. The van der Waals surface area contributed by atoms with Crippen molar-refractivity contribution in [2.45, 2.75) is 25.9 Å². The molecule has 0 fully saturated rings. The second-order valence-corrected chi connectivity index (χ2v) is 3.68. The molecule has 1 atom stereocenters. The molecule has 0 saturated heterocycles. The van der Waals surface area contributed by atoms with E-state index in [1.165, 1.54) is 7.11 Å². The van der Waals surface area contributed by atoms with E-state index in [-0.39, 0.29) is 12.0 Å². The molecule has 84 valence electrons. The summed E-state index contributed by atoms with van der Waals surface area (Å²) in [6, 6.07) is 0. The van der Waals surface area contributed by atoms with Crippen LogP contribution in [0.25, 0.3) is 0 Å². The molecule has 0 aromatic carbocycles. The lowest BCUT2D eigenvalue weighted by Gasteiger charge is -2.11. The lowest BCUT2D eigenvalue weighted by molar-refractivity contribution is -0.130. The Bertz CT molecular complexity index is 160. The van der Waals surface area contributed by atoms with E-state index in [0.717, 1.165) is 25.9 Å². The maximum absolute atomic E-state index is 11.2. The third-order valence-electron chi connectivity index (χ3n) is 2.05. The first-order valence-electron chi connectivity index (χ1n) is 5.03. The zero-order chi connectivity index (χ0) is 11.0. The SMILES string of the molecule is COC(C)C(=O)NCCCCN(C)C. The fraction of sp³-hybridized carbons (Fsp3) is 0.900. The first-order valence-corrected chi connectivity index (χ1v) is 5.03. The maximum atomic E-state index is 11.2.